The first-order valence-corrected chi connectivity index (χ1v) is 7.73. The highest BCUT2D eigenvalue weighted by molar-refractivity contribution is 8.26. The molecular formula is C14H14ClNOS2. The van der Waals surface area contributed by atoms with E-state index in [1.807, 2.05) is 30.3 Å². The average Bonchev–Trinajstić information content (AvgIpc) is 2.62. The van der Waals surface area contributed by atoms with Crippen LogP contribution in [0.2, 0.25) is 5.02 Å². The van der Waals surface area contributed by atoms with Crippen molar-refractivity contribution >= 4 is 51.9 Å². The van der Waals surface area contributed by atoms with Crippen LogP contribution < -0.4 is 0 Å². The van der Waals surface area contributed by atoms with Gasteiger partial charge < -0.3 is 0 Å². The number of unbranched alkanes of at least 4 members (excludes halogenated alkanes) is 1. The molecule has 0 aliphatic carbocycles. The minimum Gasteiger partial charge on any atom is -0.293 e. The monoisotopic (exact) mass is 311 g/mol. The molecule has 1 saturated heterocycles. The van der Waals surface area contributed by atoms with Crippen LogP contribution in [0.4, 0.5) is 0 Å². The minimum atomic E-state index is 0.00317. The predicted octanol–water partition coefficient (Wildman–Crippen LogP) is 4.34. The van der Waals surface area contributed by atoms with E-state index in [4.69, 9.17) is 23.8 Å². The SMILES string of the molecule is CCCCN1C(=O)/C(=C/c2cccc(Cl)c2)SC1=S. The summed E-state index contributed by atoms with van der Waals surface area (Å²) in [5.41, 5.74) is 0.920. The highest BCUT2D eigenvalue weighted by atomic mass is 35.5. The summed E-state index contributed by atoms with van der Waals surface area (Å²) >= 11 is 12.5. The topological polar surface area (TPSA) is 20.3 Å². The van der Waals surface area contributed by atoms with Crippen molar-refractivity contribution in [2.45, 2.75) is 19.8 Å². The van der Waals surface area contributed by atoms with E-state index in [9.17, 15) is 4.79 Å². The van der Waals surface area contributed by atoms with Gasteiger partial charge in [0.1, 0.15) is 4.32 Å². The zero-order chi connectivity index (χ0) is 13.8. The van der Waals surface area contributed by atoms with Crippen molar-refractivity contribution in [3.05, 3.63) is 39.8 Å². The molecule has 100 valence electrons. The van der Waals surface area contributed by atoms with E-state index in [2.05, 4.69) is 6.92 Å². The predicted molar refractivity (Wildman–Crippen MR) is 86.2 cm³/mol. The number of carbonyl (C=O) groups is 1. The summed E-state index contributed by atoms with van der Waals surface area (Å²) in [6.45, 7) is 2.80. The molecule has 0 atom stereocenters. The Hall–Kier alpha value is -0.840. The van der Waals surface area contributed by atoms with Gasteiger partial charge in [-0.05, 0) is 30.2 Å². The van der Waals surface area contributed by atoms with Crippen molar-refractivity contribution < 1.29 is 4.79 Å². The number of thioether (sulfide) groups is 1. The van der Waals surface area contributed by atoms with Crippen molar-refractivity contribution in [1.82, 2.24) is 4.90 Å². The lowest BCUT2D eigenvalue weighted by Crippen LogP contribution is -2.28. The second-order valence-corrected chi connectivity index (χ2v) is 6.35. The molecule has 5 heteroatoms. The molecule has 2 rings (SSSR count). The Kier molecular flexibility index (Phi) is 5.02. The third-order valence-electron chi connectivity index (χ3n) is 2.76. The standard InChI is InChI=1S/C14H14ClNOS2/c1-2-3-7-16-13(17)12(19-14(16)18)9-10-5-4-6-11(15)8-10/h4-6,8-9H,2-3,7H2,1H3/b12-9-. The minimum absolute atomic E-state index is 0.00317. The third kappa shape index (κ3) is 3.59. The van der Waals surface area contributed by atoms with Crippen LogP contribution in [0, 0.1) is 0 Å². The molecule has 1 fully saturated rings. The molecule has 1 aliphatic heterocycles. The van der Waals surface area contributed by atoms with Crippen molar-refractivity contribution in [1.29, 1.82) is 0 Å². The molecule has 0 spiro atoms. The van der Waals surface area contributed by atoms with Crippen LogP contribution >= 0.6 is 35.6 Å². The van der Waals surface area contributed by atoms with Gasteiger partial charge in [-0.3, -0.25) is 9.69 Å². The summed E-state index contributed by atoms with van der Waals surface area (Å²) in [6.07, 6.45) is 3.86. The molecule has 0 N–H and O–H groups in total. The Morgan fingerprint density at radius 1 is 1.47 bits per heavy atom. The summed E-state index contributed by atoms with van der Waals surface area (Å²) in [6, 6.07) is 7.43. The van der Waals surface area contributed by atoms with E-state index >= 15 is 0 Å². The van der Waals surface area contributed by atoms with E-state index in [0.717, 1.165) is 18.4 Å². The van der Waals surface area contributed by atoms with E-state index in [-0.39, 0.29) is 5.91 Å². The summed E-state index contributed by atoms with van der Waals surface area (Å²) in [5.74, 6) is 0.00317. The summed E-state index contributed by atoms with van der Waals surface area (Å²) < 4.78 is 0.645. The fourth-order valence-corrected chi connectivity index (χ4v) is 3.26. The highest BCUT2D eigenvalue weighted by Crippen LogP contribution is 2.32. The van der Waals surface area contributed by atoms with Gasteiger partial charge in [-0.1, -0.05) is 61.1 Å². The normalized spacial score (nSPS) is 17.6. The van der Waals surface area contributed by atoms with Crippen LogP contribution in [-0.2, 0) is 4.79 Å². The zero-order valence-electron chi connectivity index (χ0n) is 10.6. The molecule has 1 amide bonds. The smallest absolute Gasteiger partial charge is 0.266 e. The number of benzene rings is 1. The summed E-state index contributed by atoms with van der Waals surface area (Å²) in [4.78, 5) is 14.6. The number of thiocarbonyl (C=S) groups is 1. The van der Waals surface area contributed by atoms with Crippen LogP contribution in [0.1, 0.15) is 25.3 Å². The summed E-state index contributed by atoms with van der Waals surface area (Å²) in [7, 11) is 0. The number of amides is 1. The molecule has 1 aromatic rings. The second kappa shape index (κ2) is 6.55. The van der Waals surface area contributed by atoms with E-state index in [1.165, 1.54) is 11.8 Å². The maximum absolute atomic E-state index is 12.2. The molecule has 0 unspecified atom stereocenters. The Bertz CT molecular complexity index is 542. The number of hydrogen-bond donors (Lipinski definition) is 0. The number of halogens is 1. The van der Waals surface area contributed by atoms with Crippen molar-refractivity contribution in [3.8, 4) is 0 Å². The van der Waals surface area contributed by atoms with Gasteiger partial charge >= 0.3 is 0 Å². The first kappa shape index (κ1) is 14.6. The highest BCUT2D eigenvalue weighted by Gasteiger charge is 2.31. The lowest BCUT2D eigenvalue weighted by Gasteiger charge is -2.12. The quantitative estimate of drug-likeness (QED) is 0.609. The van der Waals surface area contributed by atoms with Gasteiger partial charge in [0, 0.05) is 11.6 Å². The van der Waals surface area contributed by atoms with Gasteiger partial charge in [0.25, 0.3) is 5.91 Å². The van der Waals surface area contributed by atoms with E-state index in [1.54, 1.807) is 4.90 Å². The van der Waals surface area contributed by atoms with Crippen LogP contribution in [0.5, 0.6) is 0 Å². The number of hydrogen-bond acceptors (Lipinski definition) is 3. The van der Waals surface area contributed by atoms with Gasteiger partial charge in [-0.15, -0.1) is 0 Å². The number of nitrogens with zero attached hydrogens (tertiary/aromatic N) is 1. The number of carbonyl (C=O) groups excluding carboxylic acids is 1. The molecule has 2 nitrogen and oxygen atoms in total. The molecule has 1 aromatic carbocycles. The maximum atomic E-state index is 12.2. The molecule has 19 heavy (non-hydrogen) atoms. The molecule has 0 radical (unpaired) electrons. The van der Waals surface area contributed by atoms with Crippen LogP contribution in [0.3, 0.4) is 0 Å². The Morgan fingerprint density at radius 3 is 2.95 bits per heavy atom. The Labute approximate surface area is 127 Å². The second-order valence-electron chi connectivity index (χ2n) is 4.24. The molecule has 1 aliphatic rings. The van der Waals surface area contributed by atoms with Gasteiger partial charge in [-0.2, -0.15) is 0 Å². The Morgan fingerprint density at radius 2 is 2.26 bits per heavy atom. The van der Waals surface area contributed by atoms with Crippen molar-refractivity contribution in [2.24, 2.45) is 0 Å². The summed E-state index contributed by atoms with van der Waals surface area (Å²) in [5, 5.41) is 0.662. The lowest BCUT2D eigenvalue weighted by atomic mass is 10.2. The Balaban J connectivity index is 2.18. The lowest BCUT2D eigenvalue weighted by molar-refractivity contribution is -0.122. The van der Waals surface area contributed by atoms with Gasteiger partial charge in [0.2, 0.25) is 0 Å². The average molecular weight is 312 g/mol. The molecule has 0 aromatic heterocycles. The molecule has 0 saturated carbocycles. The van der Waals surface area contributed by atoms with E-state index < -0.39 is 0 Å². The van der Waals surface area contributed by atoms with Crippen LogP contribution in [-0.4, -0.2) is 21.7 Å². The largest absolute Gasteiger partial charge is 0.293 e. The first-order valence-electron chi connectivity index (χ1n) is 6.12. The molecule has 0 bridgehead atoms. The maximum Gasteiger partial charge on any atom is 0.266 e. The molecular weight excluding hydrogens is 298 g/mol. The van der Waals surface area contributed by atoms with Crippen molar-refractivity contribution in [2.75, 3.05) is 6.54 Å². The van der Waals surface area contributed by atoms with E-state index in [0.29, 0.717) is 20.8 Å². The zero-order valence-corrected chi connectivity index (χ0v) is 12.9. The van der Waals surface area contributed by atoms with Crippen LogP contribution in [0.25, 0.3) is 6.08 Å². The van der Waals surface area contributed by atoms with Crippen molar-refractivity contribution in [3.63, 3.8) is 0 Å². The van der Waals surface area contributed by atoms with Gasteiger partial charge in [0.05, 0.1) is 4.91 Å². The fourth-order valence-electron chi connectivity index (χ4n) is 1.76. The number of rotatable bonds is 4. The third-order valence-corrected chi connectivity index (χ3v) is 4.37. The van der Waals surface area contributed by atoms with Gasteiger partial charge in [-0.25, -0.2) is 0 Å². The van der Waals surface area contributed by atoms with Crippen LogP contribution in [0.15, 0.2) is 29.2 Å². The molecule has 1 heterocycles. The first-order chi connectivity index (χ1) is 9.11. The van der Waals surface area contributed by atoms with Gasteiger partial charge in [0.15, 0.2) is 0 Å². The fraction of sp³-hybridized carbons (Fsp3) is 0.286.